The SMILES string of the molecule is Cc1cc(Cl)ccc1Nc1cnccc1C(O)O. The highest BCUT2D eigenvalue weighted by Gasteiger charge is 2.10. The number of anilines is 2. The van der Waals surface area contributed by atoms with Gasteiger partial charge in [0.1, 0.15) is 0 Å². The Balaban J connectivity index is 2.34. The molecule has 0 aliphatic carbocycles. The molecule has 0 unspecified atom stereocenters. The summed E-state index contributed by atoms with van der Waals surface area (Å²) in [7, 11) is 0. The fourth-order valence-corrected chi connectivity index (χ4v) is 1.87. The van der Waals surface area contributed by atoms with Crippen LogP contribution in [0.4, 0.5) is 11.4 Å². The minimum Gasteiger partial charge on any atom is -0.364 e. The Kier molecular flexibility index (Phi) is 3.81. The first-order chi connectivity index (χ1) is 8.58. The number of aryl methyl sites for hydroxylation is 1. The van der Waals surface area contributed by atoms with Crippen LogP contribution in [0.5, 0.6) is 0 Å². The van der Waals surface area contributed by atoms with Gasteiger partial charge < -0.3 is 15.5 Å². The summed E-state index contributed by atoms with van der Waals surface area (Å²) >= 11 is 5.88. The molecule has 0 spiro atoms. The lowest BCUT2D eigenvalue weighted by Gasteiger charge is -2.14. The number of aromatic nitrogens is 1. The van der Waals surface area contributed by atoms with Gasteiger partial charge in [-0.3, -0.25) is 4.98 Å². The van der Waals surface area contributed by atoms with Gasteiger partial charge in [0, 0.05) is 22.5 Å². The van der Waals surface area contributed by atoms with E-state index in [1.807, 2.05) is 19.1 Å². The Morgan fingerprint density at radius 1 is 1.22 bits per heavy atom. The van der Waals surface area contributed by atoms with E-state index in [-0.39, 0.29) is 0 Å². The Hall–Kier alpha value is -1.62. The zero-order valence-corrected chi connectivity index (χ0v) is 10.5. The number of nitrogens with zero attached hydrogens (tertiary/aromatic N) is 1. The van der Waals surface area contributed by atoms with Gasteiger partial charge in [-0.25, -0.2) is 0 Å². The van der Waals surface area contributed by atoms with Crippen molar-refractivity contribution in [3.63, 3.8) is 0 Å². The molecule has 0 saturated heterocycles. The molecule has 3 N–H and O–H groups in total. The summed E-state index contributed by atoms with van der Waals surface area (Å²) in [5.41, 5.74) is 2.73. The molecule has 0 aliphatic rings. The van der Waals surface area contributed by atoms with Crippen molar-refractivity contribution in [3.05, 3.63) is 52.8 Å². The second-order valence-electron chi connectivity index (χ2n) is 3.92. The summed E-state index contributed by atoms with van der Waals surface area (Å²) in [6, 6.07) is 6.98. The Labute approximate surface area is 110 Å². The van der Waals surface area contributed by atoms with Crippen molar-refractivity contribution in [2.75, 3.05) is 5.32 Å². The van der Waals surface area contributed by atoms with Gasteiger partial charge in [-0.05, 0) is 36.8 Å². The lowest BCUT2D eigenvalue weighted by Crippen LogP contribution is -2.02. The van der Waals surface area contributed by atoms with Crippen LogP contribution < -0.4 is 5.32 Å². The maximum absolute atomic E-state index is 9.26. The van der Waals surface area contributed by atoms with Crippen LogP contribution in [0.3, 0.4) is 0 Å². The van der Waals surface area contributed by atoms with Crippen LogP contribution in [-0.2, 0) is 0 Å². The molecule has 1 heterocycles. The van der Waals surface area contributed by atoms with E-state index in [4.69, 9.17) is 11.6 Å². The highest BCUT2D eigenvalue weighted by atomic mass is 35.5. The number of halogens is 1. The molecule has 94 valence electrons. The topological polar surface area (TPSA) is 65.4 Å². The maximum atomic E-state index is 9.26. The summed E-state index contributed by atoms with van der Waals surface area (Å²) in [4.78, 5) is 3.96. The minimum absolute atomic E-state index is 0.374. The fraction of sp³-hybridized carbons (Fsp3) is 0.154. The summed E-state index contributed by atoms with van der Waals surface area (Å²) in [5.74, 6) is 0. The Morgan fingerprint density at radius 3 is 2.67 bits per heavy atom. The smallest absolute Gasteiger partial charge is 0.180 e. The second kappa shape index (κ2) is 5.35. The largest absolute Gasteiger partial charge is 0.364 e. The van der Waals surface area contributed by atoms with E-state index in [9.17, 15) is 10.2 Å². The van der Waals surface area contributed by atoms with Crippen molar-refractivity contribution in [3.8, 4) is 0 Å². The predicted octanol–water partition coefficient (Wildman–Crippen LogP) is 2.77. The number of aliphatic hydroxyl groups is 2. The van der Waals surface area contributed by atoms with E-state index in [1.165, 1.54) is 6.20 Å². The van der Waals surface area contributed by atoms with Crippen LogP contribution in [0.2, 0.25) is 5.02 Å². The van der Waals surface area contributed by atoms with E-state index < -0.39 is 6.29 Å². The molecule has 0 fully saturated rings. The molecule has 0 saturated carbocycles. The molecule has 0 amide bonds. The lowest BCUT2D eigenvalue weighted by molar-refractivity contribution is -0.0419. The molecule has 0 aliphatic heterocycles. The first-order valence-electron chi connectivity index (χ1n) is 5.41. The highest BCUT2D eigenvalue weighted by Crippen LogP contribution is 2.27. The van der Waals surface area contributed by atoms with Crippen LogP contribution in [0, 0.1) is 6.92 Å². The van der Waals surface area contributed by atoms with Gasteiger partial charge in [-0.1, -0.05) is 11.6 Å². The first-order valence-corrected chi connectivity index (χ1v) is 5.79. The number of nitrogens with one attached hydrogen (secondary N) is 1. The van der Waals surface area contributed by atoms with Gasteiger partial charge >= 0.3 is 0 Å². The third-order valence-electron chi connectivity index (χ3n) is 2.59. The van der Waals surface area contributed by atoms with Gasteiger partial charge in [0.05, 0.1) is 11.9 Å². The van der Waals surface area contributed by atoms with Crippen LogP contribution in [0.1, 0.15) is 17.4 Å². The molecule has 2 rings (SSSR count). The molecule has 2 aromatic rings. The highest BCUT2D eigenvalue weighted by molar-refractivity contribution is 6.30. The zero-order valence-electron chi connectivity index (χ0n) is 9.76. The molecule has 1 aromatic carbocycles. The van der Waals surface area contributed by atoms with Crippen molar-refractivity contribution in [2.24, 2.45) is 0 Å². The summed E-state index contributed by atoms with van der Waals surface area (Å²) < 4.78 is 0. The van der Waals surface area contributed by atoms with Gasteiger partial charge in [-0.2, -0.15) is 0 Å². The van der Waals surface area contributed by atoms with Crippen molar-refractivity contribution in [1.29, 1.82) is 0 Å². The van der Waals surface area contributed by atoms with E-state index >= 15 is 0 Å². The monoisotopic (exact) mass is 264 g/mol. The summed E-state index contributed by atoms with van der Waals surface area (Å²) in [5, 5.41) is 22.3. The van der Waals surface area contributed by atoms with Crippen LogP contribution in [0.15, 0.2) is 36.7 Å². The average molecular weight is 265 g/mol. The summed E-state index contributed by atoms with van der Waals surface area (Å²) in [6.45, 7) is 1.92. The second-order valence-corrected chi connectivity index (χ2v) is 4.36. The fourth-order valence-electron chi connectivity index (χ4n) is 1.65. The Morgan fingerprint density at radius 2 is 2.00 bits per heavy atom. The van der Waals surface area contributed by atoms with Crippen LogP contribution in [0.25, 0.3) is 0 Å². The van der Waals surface area contributed by atoms with Crippen molar-refractivity contribution < 1.29 is 10.2 Å². The third-order valence-corrected chi connectivity index (χ3v) is 2.83. The Bertz CT molecular complexity index is 558. The van der Waals surface area contributed by atoms with Gasteiger partial charge in [0.25, 0.3) is 0 Å². The lowest BCUT2D eigenvalue weighted by atomic mass is 10.1. The van der Waals surface area contributed by atoms with E-state index in [1.54, 1.807) is 18.3 Å². The molecule has 18 heavy (non-hydrogen) atoms. The van der Waals surface area contributed by atoms with Gasteiger partial charge in [-0.15, -0.1) is 0 Å². The molecule has 0 radical (unpaired) electrons. The zero-order chi connectivity index (χ0) is 13.1. The molecular formula is C13H13ClN2O2. The first kappa shape index (κ1) is 12.8. The van der Waals surface area contributed by atoms with Crippen molar-refractivity contribution >= 4 is 23.0 Å². The van der Waals surface area contributed by atoms with Crippen LogP contribution in [-0.4, -0.2) is 15.2 Å². The quantitative estimate of drug-likeness (QED) is 0.746. The van der Waals surface area contributed by atoms with Crippen LogP contribution >= 0.6 is 11.6 Å². The van der Waals surface area contributed by atoms with E-state index in [2.05, 4.69) is 10.3 Å². The molecule has 4 nitrogen and oxygen atoms in total. The normalized spacial score (nSPS) is 10.7. The predicted molar refractivity (Wildman–Crippen MR) is 70.9 cm³/mol. The number of aliphatic hydroxyl groups excluding tert-OH is 1. The van der Waals surface area contributed by atoms with E-state index in [0.29, 0.717) is 16.3 Å². The minimum atomic E-state index is -1.54. The van der Waals surface area contributed by atoms with Gasteiger partial charge in [0.2, 0.25) is 0 Å². The number of pyridine rings is 1. The van der Waals surface area contributed by atoms with Crippen molar-refractivity contribution in [1.82, 2.24) is 4.98 Å². The maximum Gasteiger partial charge on any atom is 0.180 e. The summed E-state index contributed by atoms with van der Waals surface area (Å²) in [6.07, 6.45) is 1.51. The van der Waals surface area contributed by atoms with E-state index in [0.717, 1.165) is 11.3 Å². The molecule has 0 bridgehead atoms. The third kappa shape index (κ3) is 2.79. The molecule has 1 aromatic heterocycles. The van der Waals surface area contributed by atoms with Gasteiger partial charge in [0.15, 0.2) is 6.29 Å². The number of rotatable bonds is 3. The number of benzene rings is 1. The number of hydrogen-bond acceptors (Lipinski definition) is 4. The van der Waals surface area contributed by atoms with Crippen molar-refractivity contribution in [2.45, 2.75) is 13.2 Å². The number of hydrogen-bond donors (Lipinski definition) is 3. The molecule has 0 atom stereocenters. The standard InChI is InChI=1S/C13H13ClN2O2/c1-8-6-9(14)2-3-11(8)16-12-7-15-5-4-10(12)13(17)18/h2-7,13,16-18H,1H3. The average Bonchev–Trinajstić information content (AvgIpc) is 2.33. The molecule has 5 heteroatoms. The molecular weight excluding hydrogens is 252 g/mol.